The van der Waals surface area contributed by atoms with E-state index < -0.39 is 8.32 Å². The van der Waals surface area contributed by atoms with Gasteiger partial charge in [0.15, 0.2) is 0 Å². The molecule has 1 unspecified atom stereocenters. The lowest BCUT2D eigenvalue weighted by atomic mass is 10.2. The Labute approximate surface area is 165 Å². The van der Waals surface area contributed by atoms with Crippen LogP contribution in [0.1, 0.15) is 37.0 Å². The third-order valence-corrected chi connectivity index (χ3v) is 9.52. The molecule has 0 heterocycles. The molecule has 140 valence electrons. The molecule has 0 fully saturated rings. The summed E-state index contributed by atoms with van der Waals surface area (Å²) in [6, 6.07) is 26.9. The third-order valence-electron chi connectivity index (χ3n) is 5.33. The van der Waals surface area contributed by atoms with Crippen LogP contribution < -0.4 is 15.6 Å². The zero-order valence-electron chi connectivity index (χ0n) is 17.1. The molecule has 0 aliphatic rings. The van der Waals surface area contributed by atoms with Crippen molar-refractivity contribution in [2.45, 2.75) is 47.1 Å². The number of hydrogen-bond donors (Lipinski definition) is 0. The maximum absolute atomic E-state index is 7.00. The molecule has 0 amide bonds. The standard InChI is InChI=1S/C25H30OSi/c1-6-22(5)26-27(23-13-7-19(2)8-14-23,24-15-9-20(3)10-16-24)25-17-11-21(4)12-18-25/h7-18,22H,6H2,1-5H3. The molecular weight excluding hydrogens is 344 g/mol. The lowest BCUT2D eigenvalue weighted by molar-refractivity contribution is 0.219. The van der Waals surface area contributed by atoms with E-state index in [1.807, 2.05) is 0 Å². The Morgan fingerprint density at radius 2 is 0.926 bits per heavy atom. The first-order valence-electron chi connectivity index (χ1n) is 9.85. The molecule has 0 saturated heterocycles. The van der Waals surface area contributed by atoms with Crippen molar-refractivity contribution in [3.05, 3.63) is 89.5 Å². The van der Waals surface area contributed by atoms with E-state index in [-0.39, 0.29) is 6.10 Å². The van der Waals surface area contributed by atoms with Gasteiger partial charge in [0.05, 0.1) is 0 Å². The molecule has 27 heavy (non-hydrogen) atoms. The Bertz CT molecular complexity index is 753. The summed E-state index contributed by atoms with van der Waals surface area (Å²) in [7, 11) is -2.58. The molecule has 3 aromatic rings. The fraction of sp³-hybridized carbons (Fsp3) is 0.280. The average molecular weight is 375 g/mol. The summed E-state index contributed by atoms with van der Waals surface area (Å²) < 4.78 is 7.00. The van der Waals surface area contributed by atoms with Crippen molar-refractivity contribution in [2.24, 2.45) is 0 Å². The lowest BCUT2D eigenvalue weighted by Crippen LogP contribution is -2.70. The molecule has 1 atom stereocenters. The van der Waals surface area contributed by atoms with Gasteiger partial charge in [-0.25, -0.2) is 0 Å². The summed E-state index contributed by atoms with van der Waals surface area (Å²) in [6.45, 7) is 10.8. The van der Waals surface area contributed by atoms with Crippen LogP contribution in [0.2, 0.25) is 0 Å². The Kier molecular flexibility index (Phi) is 5.98. The Morgan fingerprint density at radius 1 is 0.630 bits per heavy atom. The molecule has 0 aliphatic heterocycles. The van der Waals surface area contributed by atoms with Crippen LogP contribution in [-0.4, -0.2) is 14.4 Å². The molecule has 0 bridgehead atoms. The van der Waals surface area contributed by atoms with Gasteiger partial charge in [0, 0.05) is 6.10 Å². The van der Waals surface area contributed by atoms with Gasteiger partial charge in [0.1, 0.15) is 0 Å². The van der Waals surface area contributed by atoms with Gasteiger partial charge in [-0.15, -0.1) is 0 Å². The predicted octanol–water partition coefficient (Wildman–Crippen LogP) is 4.39. The van der Waals surface area contributed by atoms with E-state index in [4.69, 9.17) is 4.43 Å². The van der Waals surface area contributed by atoms with Gasteiger partial charge in [-0.05, 0) is 49.7 Å². The molecule has 0 aromatic heterocycles. The fourth-order valence-electron chi connectivity index (χ4n) is 3.45. The van der Waals surface area contributed by atoms with Crippen molar-refractivity contribution in [3.8, 4) is 0 Å². The molecule has 0 N–H and O–H groups in total. The zero-order chi connectivity index (χ0) is 19.4. The SMILES string of the molecule is CCC(C)O[Si](c1ccc(C)cc1)(c1ccc(C)cc1)c1ccc(C)cc1. The minimum atomic E-state index is -2.58. The lowest BCUT2D eigenvalue weighted by Gasteiger charge is -2.35. The highest BCUT2D eigenvalue weighted by molar-refractivity contribution is 7.07. The van der Waals surface area contributed by atoms with Crippen molar-refractivity contribution < 1.29 is 4.43 Å². The summed E-state index contributed by atoms with van der Waals surface area (Å²) in [5, 5.41) is 3.92. The first-order chi connectivity index (χ1) is 13.0. The quantitative estimate of drug-likeness (QED) is 0.459. The van der Waals surface area contributed by atoms with Gasteiger partial charge in [-0.3, -0.25) is 0 Å². The van der Waals surface area contributed by atoms with E-state index in [0.29, 0.717) is 0 Å². The maximum atomic E-state index is 7.00. The van der Waals surface area contributed by atoms with Crippen LogP contribution in [0.3, 0.4) is 0 Å². The van der Waals surface area contributed by atoms with Crippen molar-refractivity contribution in [2.75, 3.05) is 0 Å². The molecule has 2 heteroatoms. The molecule has 0 spiro atoms. The molecule has 1 nitrogen and oxygen atoms in total. The largest absolute Gasteiger partial charge is 0.402 e. The summed E-state index contributed by atoms with van der Waals surface area (Å²) in [6.07, 6.45) is 1.19. The summed E-state index contributed by atoms with van der Waals surface area (Å²) in [5.41, 5.74) is 3.83. The molecular formula is C25H30OSi. The van der Waals surface area contributed by atoms with Crippen LogP contribution in [0, 0.1) is 20.8 Å². The smallest absolute Gasteiger partial charge is 0.288 e. The highest BCUT2D eigenvalue weighted by atomic mass is 28.4. The minimum Gasteiger partial charge on any atom is -0.402 e. The molecule has 3 aromatic carbocycles. The molecule has 0 aliphatic carbocycles. The van der Waals surface area contributed by atoms with Crippen LogP contribution in [-0.2, 0) is 4.43 Å². The van der Waals surface area contributed by atoms with Crippen molar-refractivity contribution in [3.63, 3.8) is 0 Å². The molecule has 3 rings (SSSR count). The van der Waals surface area contributed by atoms with Gasteiger partial charge < -0.3 is 4.43 Å². The van der Waals surface area contributed by atoms with Crippen molar-refractivity contribution in [1.29, 1.82) is 0 Å². The highest BCUT2D eigenvalue weighted by Gasteiger charge is 2.43. The van der Waals surface area contributed by atoms with Crippen LogP contribution in [0.4, 0.5) is 0 Å². The highest BCUT2D eigenvalue weighted by Crippen LogP contribution is 2.15. The van der Waals surface area contributed by atoms with E-state index in [2.05, 4.69) is 107 Å². The second kappa shape index (κ2) is 8.24. The van der Waals surface area contributed by atoms with Gasteiger partial charge in [-0.1, -0.05) is 96.4 Å². The van der Waals surface area contributed by atoms with E-state index in [1.54, 1.807) is 0 Å². The van der Waals surface area contributed by atoms with E-state index >= 15 is 0 Å². The monoisotopic (exact) mass is 374 g/mol. The van der Waals surface area contributed by atoms with E-state index in [9.17, 15) is 0 Å². The average Bonchev–Trinajstić information content (AvgIpc) is 2.68. The summed E-state index contributed by atoms with van der Waals surface area (Å²) in [5.74, 6) is 0. The Balaban J connectivity index is 2.30. The third kappa shape index (κ3) is 4.07. The number of hydrogen-bond acceptors (Lipinski definition) is 1. The summed E-state index contributed by atoms with van der Waals surface area (Å²) >= 11 is 0. The van der Waals surface area contributed by atoms with Crippen molar-refractivity contribution >= 4 is 23.9 Å². The first-order valence-corrected chi connectivity index (χ1v) is 11.8. The van der Waals surface area contributed by atoms with E-state index in [1.165, 1.54) is 32.3 Å². The number of benzene rings is 3. The van der Waals surface area contributed by atoms with Crippen molar-refractivity contribution in [1.82, 2.24) is 0 Å². The van der Waals surface area contributed by atoms with Gasteiger partial charge in [-0.2, -0.15) is 0 Å². The van der Waals surface area contributed by atoms with Gasteiger partial charge >= 0.3 is 0 Å². The fourth-order valence-corrected chi connectivity index (χ4v) is 7.54. The van der Waals surface area contributed by atoms with Gasteiger partial charge in [0.25, 0.3) is 8.32 Å². The van der Waals surface area contributed by atoms with Crippen LogP contribution in [0.5, 0.6) is 0 Å². The predicted molar refractivity (Wildman–Crippen MR) is 119 cm³/mol. The zero-order valence-corrected chi connectivity index (χ0v) is 18.1. The minimum absolute atomic E-state index is 0.195. The second-order valence-electron chi connectivity index (χ2n) is 7.62. The first kappa shape index (κ1) is 19.6. The number of rotatable bonds is 6. The van der Waals surface area contributed by atoms with Gasteiger partial charge in [0.2, 0.25) is 0 Å². The normalized spacial score (nSPS) is 12.8. The van der Waals surface area contributed by atoms with Crippen LogP contribution in [0.15, 0.2) is 72.8 Å². The maximum Gasteiger partial charge on any atom is 0.288 e. The molecule has 0 radical (unpaired) electrons. The van der Waals surface area contributed by atoms with E-state index in [0.717, 1.165) is 6.42 Å². The van der Waals surface area contributed by atoms with Crippen LogP contribution in [0.25, 0.3) is 0 Å². The second-order valence-corrected chi connectivity index (χ2v) is 10.9. The molecule has 0 saturated carbocycles. The summed E-state index contributed by atoms with van der Waals surface area (Å²) in [4.78, 5) is 0. The Hall–Kier alpha value is -2.16. The number of aryl methyl sites for hydroxylation is 3. The Morgan fingerprint density at radius 3 is 1.19 bits per heavy atom. The van der Waals surface area contributed by atoms with Crippen LogP contribution >= 0.6 is 0 Å². The topological polar surface area (TPSA) is 9.23 Å².